The van der Waals surface area contributed by atoms with Crippen LogP contribution >= 0.6 is 56.7 Å². The summed E-state index contributed by atoms with van der Waals surface area (Å²) in [5.74, 6) is 2.91. The number of nitriles is 1. The number of thiazole rings is 5. The van der Waals surface area contributed by atoms with E-state index < -0.39 is 17.3 Å². The van der Waals surface area contributed by atoms with Crippen molar-refractivity contribution in [2.45, 2.75) is 204 Å². The first kappa shape index (κ1) is 85.2. The molecule has 8 aromatic heterocycles. The molecule has 13 heterocycles. The molecule has 19 nitrogen and oxygen atoms in total. The molecule has 0 aliphatic carbocycles. The van der Waals surface area contributed by atoms with Gasteiger partial charge in [-0.1, -0.05) is 110 Å². The van der Waals surface area contributed by atoms with Crippen molar-refractivity contribution in [3.63, 3.8) is 0 Å². The van der Waals surface area contributed by atoms with Crippen LogP contribution in [-0.2, 0) is 30.1 Å². The molecule has 0 aromatic carbocycles. The lowest BCUT2D eigenvalue weighted by Gasteiger charge is -2.35. The van der Waals surface area contributed by atoms with E-state index in [1.807, 2.05) is 177 Å². The number of piperidine rings is 5. The van der Waals surface area contributed by atoms with Gasteiger partial charge in [-0.15, -0.1) is 56.7 Å². The summed E-state index contributed by atoms with van der Waals surface area (Å²) >= 11 is 7.79. The lowest BCUT2D eigenvalue weighted by molar-refractivity contribution is -0.141. The van der Waals surface area contributed by atoms with Gasteiger partial charge in [-0.05, 0) is 101 Å². The van der Waals surface area contributed by atoms with Crippen molar-refractivity contribution in [2.75, 3.05) is 65.4 Å². The maximum Gasteiger partial charge on any atom is 0.434 e. The first-order chi connectivity index (χ1) is 51.3. The molecule has 0 N–H and O–H groups in total. The lowest BCUT2D eigenvalue weighted by atomic mass is 9.91. The molecule has 5 amide bonds. The van der Waals surface area contributed by atoms with E-state index in [0.717, 1.165) is 159 Å². The molecule has 0 atom stereocenters. The molecular formula is C82H107F3N14O5S5. The van der Waals surface area contributed by atoms with Gasteiger partial charge in [0.25, 0.3) is 0 Å². The number of likely N-dealkylation sites (tertiary alicyclic amines) is 5. The number of carbonyl (C=O) groups is 5. The Balaban J connectivity index is 0.000000157. The minimum absolute atomic E-state index is 0.0233. The Labute approximate surface area is 661 Å². The summed E-state index contributed by atoms with van der Waals surface area (Å²) in [7, 11) is 0. The maximum absolute atomic E-state index is 12.6. The largest absolute Gasteiger partial charge is 0.434 e. The standard InChI is InChI=1S/3C18H23N3OS.C14H19F3N2OS.C14H19N3OS/c1-18(2,3)17(22)21-10-6-14(7-11-21)16-20-15(12-23-16)13-4-8-19-9-5-13;1-18(2,3)17(22)21-9-6-13(7-10-21)16-20-15(12-23-16)14-5-4-8-19-11-14;1-18(2,3)17(22)21-10-7-13(8-11-21)16-20-15(12-23-16)14-6-4-5-9-19-14;1-13(2,3)12(20)19-6-4-9(5-7-19)11-18-10(8-21-11)14(15,16)17;1-14(2,3)13(18)17-6-4-10(5-7-17)12-16-11(8-15)9-19-12/h4-5,8-9,12,14H,6-7,10-11H2,1-3H3;4-5,8,11-13H,6-7,9-10H2,1-3H3;4-6,9,12-13H,7-8,10-11H2,1-3H3;8-9H,4-7H2,1-3H3;9-10H,4-7H2,1-3H3. The van der Waals surface area contributed by atoms with Crippen molar-refractivity contribution in [3.05, 3.63) is 137 Å². The summed E-state index contributed by atoms with van der Waals surface area (Å²) in [6, 6.07) is 15.9. The third-order valence-corrected chi connectivity index (χ3v) is 24.8. The van der Waals surface area contributed by atoms with Crippen molar-refractivity contribution in [1.29, 1.82) is 5.26 Å². The molecule has 0 unspecified atom stereocenters. The monoisotopic (exact) mass is 1580 g/mol. The number of aromatic nitrogens is 8. The normalized spacial score (nSPS) is 17.0. The molecule has 5 saturated heterocycles. The van der Waals surface area contributed by atoms with E-state index >= 15 is 0 Å². The number of alkyl halides is 3. The number of hydrogen-bond donors (Lipinski definition) is 0. The van der Waals surface area contributed by atoms with E-state index in [0.29, 0.717) is 60.3 Å². The summed E-state index contributed by atoms with van der Waals surface area (Å²) in [6.45, 7) is 37.2. The maximum atomic E-state index is 12.6. The van der Waals surface area contributed by atoms with Crippen molar-refractivity contribution >= 4 is 86.2 Å². The molecule has 0 saturated carbocycles. The number of pyridine rings is 3. The lowest BCUT2D eigenvalue weighted by Crippen LogP contribution is -2.43. The van der Waals surface area contributed by atoms with Gasteiger partial charge in [0.1, 0.15) is 6.07 Å². The van der Waals surface area contributed by atoms with Gasteiger partial charge in [0.2, 0.25) is 29.5 Å². The first-order valence-corrected chi connectivity index (χ1v) is 42.2. The molecule has 586 valence electrons. The van der Waals surface area contributed by atoms with Crippen LogP contribution in [-0.4, -0.2) is 159 Å². The van der Waals surface area contributed by atoms with Crippen molar-refractivity contribution in [2.24, 2.45) is 27.1 Å². The van der Waals surface area contributed by atoms with Crippen LogP contribution in [0.1, 0.15) is 234 Å². The number of halogens is 3. The molecule has 0 radical (unpaired) electrons. The average Bonchev–Trinajstić information content (AvgIpc) is 1.57. The van der Waals surface area contributed by atoms with Crippen molar-refractivity contribution in [3.8, 4) is 40.0 Å². The zero-order valence-corrected chi connectivity index (χ0v) is 69.9. The Morgan fingerprint density at radius 3 is 1.01 bits per heavy atom. The van der Waals surface area contributed by atoms with Crippen LogP contribution in [0.4, 0.5) is 13.2 Å². The Morgan fingerprint density at radius 2 is 0.697 bits per heavy atom. The van der Waals surface area contributed by atoms with Crippen LogP contribution in [0.15, 0.2) is 100 Å². The molecular weight excluding hydrogens is 1480 g/mol. The summed E-state index contributed by atoms with van der Waals surface area (Å²) < 4.78 is 37.7. The van der Waals surface area contributed by atoms with Crippen molar-refractivity contribution in [1.82, 2.24) is 64.4 Å². The van der Waals surface area contributed by atoms with Crippen LogP contribution in [0.2, 0.25) is 0 Å². The second kappa shape index (κ2) is 37.0. The predicted molar refractivity (Wildman–Crippen MR) is 430 cm³/mol. The van der Waals surface area contributed by atoms with Crippen LogP contribution < -0.4 is 0 Å². The highest BCUT2D eigenvalue weighted by molar-refractivity contribution is 7.11. The number of amides is 5. The summed E-state index contributed by atoms with van der Waals surface area (Å²) in [5, 5.41) is 23.1. The van der Waals surface area contributed by atoms with E-state index in [1.54, 1.807) is 75.0 Å². The molecule has 0 spiro atoms. The Kier molecular flexibility index (Phi) is 29.0. The molecule has 5 fully saturated rings. The quantitative estimate of drug-likeness (QED) is 0.138. The number of nitrogens with zero attached hydrogens (tertiary/aromatic N) is 14. The zero-order chi connectivity index (χ0) is 79.2. The molecule has 13 rings (SSSR count). The van der Waals surface area contributed by atoms with Crippen LogP contribution in [0.5, 0.6) is 0 Å². The summed E-state index contributed by atoms with van der Waals surface area (Å²) in [5.41, 5.74) is 4.20. The molecule has 0 bridgehead atoms. The molecule has 109 heavy (non-hydrogen) atoms. The Morgan fingerprint density at radius 1 is 0.367 bits per heavy atom. The van der Waals surface area contributed by atoms with E-state index in [-0.39, 0.29) is 57.1 Å². The molecule has 27 heteroatoms. The third kappa shape index (κ3) is 23.9. The fourth-order valence-electron chi connectivity index (χ4n) is 13.5. The Hall–Kier alpha value is -7.77. The van der Waals surface area contributed by atoms with Crippen LogP contribution in [0, 0.1) is 38.4 Å². The van der Waals surface area contributed by atoms with Gasteiger partial charge in [0, 0.05) is 191 Å². The van der Waals surface area contributed by atoms with E-state index in [1.165, 1.54) is 15.0 Å². The van der Waals surface area contributed by atoms with Crippen LogP contribution in [0.3, 0.4) is 0 Å². The predicted octanol–water partition coefficient (Wildman–Crippen LogP) is 18.6. The van der Waals surface area contributed by atoms with E-state index in [4.69, 9.17) is 20.2 Å². The zero-order valence-electron chi connectivity index (χ0n) is 65.8. The van der Waals surface area contributed by atoms with Gasteiger partial charge in [0.15, 0.2) is 11.4 Å². The van der Waals surface area contributed by atoms with E-state index in [9.17, 15) is 37.1 Å². The SMILES string of the molecule is CC(C)(C)C(=O)N1CCC(c2nc(-c3ccccn3)cs2)CC1.CC(C)(C)C(=O)N1CCC(c2nc(-c3cccnc3)cs2)CC1.CC(C)(C)C(=O)N1CCC(c2nc(-c3ccncc3)cs2)CC1.CC(C)(C)C(=O)N1CCC(c2nc(C#N)cs2)CC1.CC(C)(C)C(=O)N1CCC(c2nc(C(F)(F)F)cs2)CC1. The highest BCUT2D eigenvalue weighted by Crippen LogP contribution is 2.40. The fraction of sp³-hybridized carbons (Fsp3) is 0.561. The minimum Gasteiger partial charge on any atom is -0.342 e. The van der Waals surface area contributed by atoms with Gasteiger partial charge < -0.3 is 24.5 Å². The highest BCUT2D eigenvalue weighted by Gasteiger charge is 2.39. The smallest absolute Gasteiger partial charge is 0.342 e. The van der Waals surface area contributed by atoms with E-state index in [2.05, 4.69) is 47.1 Å². The second-order valence-corrected chi connectivity index (χ2v) is 38.2. The summed E-state index contributed by atoms with van der Waals surface area (Å²) in [6.07, 6.45) is 13.9. The van der Waals surface area contributed by atoms with Crippen LogP contribution in [0.25, 0.3) is 33.9 Å². The number of rotatable bonds is 8. The van der Waals surface area contributed by atoms with Gasteiger partial charge in [-0.3, -0.25) is 38.9 Å². The average molecular weight is 1590 g/mol. The third-order valence-electron chi connectivity index (χ3n) is 19.7. The van der Waals surface area contributed by atoms with Gasteiger partial charge >= 0.3 is 6.18 Å². The summed E-state index contributed by atoms with van der Waals surface area (Å²) in [4.78, 5) is 106. The fourth-order valence-corrected chi connectivity index (χ4v) is 18.4. The van der Waals surface area contributed by atoms with Gasteiger partial charge in [0.05, 0.1) is 47.8 Å². The molecule has 5 aliphatic heterocycles. The van der Waals surface area contributed by atoms with Gasteiger partial charge in [-0.2, -0.15) is 18.4 Å². The van der Waals surface area contributed by atoms with Gasteiger partial charge in [-0.25, -0.2) is 24.9 Å². The Bertz CT molecular complexity index is 4000. The molecule has 8 aromatic rings. The first-order valence-electron chi connectivity index (χ1n) is 37.8. The minimum atomic E-state index is -4.38. The highest BCUT2D eigenvalue weighted by atomic mass is 32.1. The molecule has 5 aliphatic rings. The second-order valence-electron chi connectivity index (χ2n) is 33.7. The van der Waals surface area contributed by atoms with Crippen molar-refractivity contribution < 1.29 is 37.1 Å². The number of carbonyl (C=O) groups excluding carboxylic acids is 5. The topological polar surface area (TPSA) is 228 Å². The number of hydrogen-bond acceptors (Lipinski definition) is 19.